The third-order valence-corrected chi connectivity index (χ3v) is 6.78. The Morgan fingerprint density at radius 2 is 2.19 bits per heavy atom. The van der Waals surface area contributed by atoms with Crippen molar-refractivity contribution in [2.24, 2.45) is 5.73 Å². The van der Waals surface area contributed by atoms with Gasteiger partial charge in [0.2, 0.25) is 0 Å². The number of rotatable bonds is 6. The van der Waals surface area contributed by atoms with Crippen LogP contribution in [-0.4, -0.2) is 31.9 Å². The van der Waals surface area contributed by atoms with Crippen molar-refractivity contribution < 1.29 is 0 Å². The van der Waals surface area contributed by atoms with Crippen LogP contribution in [-0.2, 0) is 6.42 Å². The minimum atomic E-state index is 0.153. The molecule has 2 N–H and O–H groups in total. The summed E-state index contributed by atoms with van der Waals surface area (Å²) in [6, 6.07) is 0.153. The molecule has 0 saturated heterocycles. The van der Waals surface area contributed by atoms with Crippen LogP contribution in [0.3, 0.4) is 0 Å². The average molecular weight is 358 g/mol. The van der Waals surface area contributed by atoms with E-state index in [2.05, 4.69) is 33.1 Å². The van der Waals surface area contributed by atoms with Gasteiger partial charge in [-0.1, -0.05) is 30.0 Å². The summed E-state index contributed by atoms with van der Waals surface area (Å²) in [6.45, 7) is 2.11. The van der Waals surface area contributed by atoms with Gasteiger partial charge in [0.25, 0.3) is 0 Å². The Balaban J connectivity index is 1.92. The van der Waals surface area contributed by atoms with Crippen LogP contribution in [0.15, 0.2) is 25.3 Å². The topological polar surface area (TPSA) is 69.1 Å². The van der Waals surface area contributed by atoms with E-state index in [0.29, 0.717) is 0 Å². The molecule has 1 atom stereocenters. The van der Waals surface area contributed by atoms with E-state index in [4.69, 9.17) is 10.7 Å². The maximum Gasteiger partial charge on any atom is 0.194 e. The lowest BCUT2D eigenvalue weighted by Gasteiger charge is -2.08. The molecule has 0 aliphatic heterocycles. The van der Waals surface area contributed by atoms with E-state index < -0.39 is 0 Å². The van der Waals surface area contributed by atoms with Crippen LogP contribution in [0, 0.1) is 0 Å². The molecule has 9 heteroatoms. The molecule has 1 unspecified atom stereocenters. The van der Waals surface area contributed by atoms with Crippen molar-refractivity contribution in [3.05, 3.63) is 17.3 Å². The number of nitrogens with two attached hydrogens (primary N) is 1. The van der Waals surface area contributed by atoms with Crippen molar-refractivity contribution in [2.75, 3.05) is 6.26 Å². The molecule has 0 bridgehead atoms. The number of hydrogen-bond donors (Lipinski definition) is 1. The number of aromatic nitrogens is 4. The van der Waals surface area contributed by atoms with Crippen molar-refractivity contribution in [3.63, 3.8) is 0 Å². The summed E-state index contributed by atoms with van der Waals surface area (Å²) in [5, 5.41) is 11.4. The number of hydrogen-bond acceptors (Lipinski definition) is 8. The van der Waals surface area contributed by atoms with Gasteiger partial charge in [-0.05, 0) is 24.4 Å². The molecule has 0 fully saturated rings. The van der Waals surface area contributed by atoms with E-state index in [1.807, 2.05) is 6.26 Å². The number of thiazole rings is 1. The predicted octanol–water partition coefficient (Wildman–Crippen LogP) is 3.40. The van der Waals surface area contributed by atoms with E-state index in [9.17, 15) is 0 Å². The highest BCUT2D eigenvalue weighted by Gasteiger charge is 2.18. The summed E-state index contributed by atoms with van der Waals surface area (Å²) in [5.41, 5.74) is 7.31. The Labute approximate surface area is 139 Å². The van der Waals surface area contributed by atoms with E-state index in [-0.39, 0.29) is 6.04 Å². The minimum Gasteiger partial charge on any atom is -0.327 e. The molecule has 21 heavy (non-hydrogen) atoms. The zero-order valence-corrected chi connectivity index (χ0v) is 14.9. The second-order valence-corrected chi connectivity index (χ2v) is 8.57. The summed E-state index contributed by atoms with van der Waals surface area (Å²) >= 11 is 6.44. The van der Waals surface area contributed by atoms with E-state index in [1.54, 1.807) is 46.2 Å². The van der Waals surface area contributed by atoms with Gasteiger partial charge in [-0.2, -0.15) is 0 Å². The van der Waals surface area contributed by atoms with Crippen LogP contribution < -0.4 is 5.73 Å². The highest BCUT2D eigenvalue weighted by molar-refractivity contribution is 8.03. The summed E-state index contributed by atoms with van der Waals surface area (Å²) in [5.74, 6) is 0. The van der Waals surface area contributed by atoms with E-state index >= 15 is 0 Å². The number of thioether (sulfide) groups is 1. The highest BCUT2D eigenvalue weighted by Crippen LogP contribution is 2.35. The highest BCUT2D eigenvalue weighted by atomic mass is 32.2. The molecule has 0 spiro atoms. The van der Waals surface area contributed by atoms with Crippen LogP contribution in [0.5, 0.6) is 0 Å². The largest absolute Gasteiger partial charge is 0.327 e. The first-order chi connectivity index (χ1) is 10.2. The molecule has 0 aliphatic carbocycles. The minimum absolute atomic E-state index is 0.153. The quantitative estimate of drug-likeness (QED) is 0.682. The second kappa shape index (κ2) is 6.66. The Hall–Kier alpha value is -0.610. The second-order valence-electron chi connectivity index (χ2n) is 4.43. The van der Waals surface area contributed by atoms with Gasteiger partial charge in [-0.15, -0.1) is 21.5 Å². The summed E-state index contributed by atoms with van der Waals surface area (Å²) < 4.78 is 4.04. The van der Waals surface area contributed by atoms with Gasteiger partial charge >= 0.3 is 0 Å². The molecule has 0 amide bonds. The Morgan fingerprint density at radius 3 is 2.90 bits per heavy atom. The fourth-order valence-electron chi connectivity index (χ4n) is 1.88. The van der Waals surface area contributed by atoms with Gasteiger partial charge in [-0.25, -0.2) is 4.98 Å². The standard InChI is InChI=1S/C12H15N5S4/c1-3-7(13)6-8-9(14-10-17(8)4-5-19-10)20-12-16-15-11(18-2)21-12/h4-5,7H,3,6,13H2,1-2H3. The lowest BCUT2D eigenvalue weighted by Crippen LogP contribution is -2.22. The van der Waals surface area contributed by atoms with Crippen LogP contribution in [0.25, 0.3) is 4.96 Å². The molecule has 3 aromatic rings. The molecule has 5 nitrogen and oxygen atoms in total. The van der Waals surface area contributed by atoms with E-state index in [0.717, 1.165) is 31.5 Å². The average Bonchev–Trinajstić information content (AvgIpc) is 3.17. The summed E-state index contributed by atoms with van der Waals surface area (Å²) in [4.78, 5) is 5.72. The normalized spacial score (nSPS) is 13.1. The third kappa shape index (κ3) is 3.26. The molecular weight excluding hydrogens is 342 g/mol. The molecule has 0 aromatic carbocycles. The molecule has 3 rings (SSSR count). The lowest BCUT2D eigenvalue weighted by molar-refractivity contribution is 0.627. The zero-order valence-electron chi connectivity index (χ0n) is 11.6. The third-order valence-electron chi connectivity index (χ3n) is 3.05. The fraction of sp³-hybridized carbons (Fsp3) is 0.417. The van der Waals surface area contributed by atoms with Crippen LogP contribution in [0.2, 0.25) is 0 Å². The molecular formula is C12H15N5S4. The van der Waals surface area contributed by atoms with Crippen molar-refractivity contribution in [1.29, 1.82) is 0 Å². The lowest BCUT2D eigenvalue weighted by atomic mass is 10.1. The van der Waals surface area contributed by atoms with Crippen LogP contribution in [0.1, 0.15) is 19.0 Å². The molecule has 0 aliphatic rings. The van der Waals surface area contributed by atoms with Gasteiger partial charge in [0.1, 0.15) is 5.03 Å². The molecule has 3 heterocycles. The first-order valence-electron chi connectivity index (χ1n) is 6.46. The van der Waals surface area contributed by atoms with Crippen molar-refractivity contribution in [3.8, 4) is 0 Å². The Kier molecular flexibility index (Phi) is 4.85. The van der Waals surface area contributed by atoms with Crippen molar-refractivity contribution >= 4 is 51.2 Å². The van der Waals surface area contributed by atoms with Crippen molar-refractivity contribution in [1.82, 2.24) is 19.6 Å². The van der Waals surface area contributed by atoms with Gasteiger partial charge < -0.3 is 5.73 Å². The zero-order chi connectivity index (χ0) is 14.8. The Bertz CT molecular complexity index is 731. The van der Waals surface area contributed by atoms with Crippen LogP contribution >= 0.6 is 46.2 Å². The molecule has 0 saturated carbocycles. The SMILES string of the molecule is CCC(N)Cc1c(Sc2nnc(SC)s2)nc2sccn12. The van der Waals surface area contributed by atoms with Gasteiger partial charge in [0.05, 0.1) is 5.69 Å². The maximum absolute atomic E-state index is 6.14. The number of imidazole rings is 1. The first kappa shape index (κ1) is 15.3. The van der Waals surface area contributed by atoms with Crippen LogP contribution in [0.4, 0.5) is 0 Å². The van der Waals surface area contributed by atoms with E-state index in [1.165, 1.54) is 5.69 Å². The molecule has 3 aromatic heterocycles. The molecule has 0 radical (unpaired) electrons. The summed E-state index contributed by atoms with van der Waals surface area (Å²) in [6.07, 6.45) is 5.84. The smallest absolute Gasteiger partial charge is 0.194 e. The van der Waals surface area contributed by atoms with Gasteiger partial charge in [0, 0.05) is 24.0 Å². The monoisotopic (exact) mass is 357 g/mol. The molecule has 112 valence electrons. The number of fused-ring (bicyclic) bond motifs is 1. The van der Waals surface area contributed by atoms with Crippen molar-refractivity contribution in [2.45, 2.75) is 39.5 Å². The summed E-state index contributed by atoms with van der Waals surface area (Å²) in [7, 11) is 0. The Morgan fingerprint density at radius 1 is 1.38 bits per heavy atom. The van der Waals surface area contributed by atoms with Gasteiger partial charge in [0.15, 0.2) is 13.6 Å². The first-order valence-corrected chi connectivity index (χ1v) is 10.2. The predicted molar refractivity (Wildman–Crippen MR) is 90.9 cm³/mol. The maximum atomic E-state index is 6.14. The fourth-order valence-corrected chi connectivity index (χ4v) is 5.15. The number of nitrogens with zero attached hydrogens (tertiary/aromatic N) is 4. The van der Waals surface area contributed by atoms with Gasteiger partial charge in [-0.3, -0.25) is 4.40 Å².